The van der Waals surface area contributed by atoms with Crippen molar-refractivity contribution in [1.82, 2.24) is 4.90 Å². The van der Waals surface area contributed by atoms with Crippen molar-refractivity contribution >= 4 is 0 Å². The molecule has 0 fully saturated rings. The smallest absolute Gasteiger partial charge is 0.123 e. The monoisotopic (exact) mass is 238 g/mol. The Morgan fingerprint density at radius 3 is 2.41 bits per heavy atom. The minimum absolute atomic E-state index is 0.0273. The standard InChI is InChI=1S/C14H23FN2/c1-10(2)9-17(4)14(11(3)16)12-6-5-7-13(15)8-12/h5-8,10-11,14H,9,16H2,1-4H3. The predicted octanol–water partition coefficient (Wildman–Crippen LogP) is 2.80. The minimum atomic E-state index is -0.203. The maximum atomic E-state index is 13.3. The molecule has 2 N–H and O–H groups in total. The average Bonchev–Trinajstić information content (AvgIpc) is 2.15. The maximum absolute atomic E-state index is 13.3. The molecule has 3 heteroatoms. The second-order valence-electron chi connectivity index (χ2n) is 5.19. The Balaban J connectivity index is 2.93. The van der Waals surface area contributed by atoms with Crippen LogP contribution < -0.4 is 5.73 Å². The van der Waals surface area contributed by atoms with Crippen molar-refractivity contribution in [3.05, 3.63) is 35.6 Å². The zero-order chi connectivity index (χ0) is 13.0. The van der Waals surface area contributed by atoms with Gasteiger partial charge in [-0.1, -0.05) is 26.0 Å². The highest BCUT2D eigenvalue weighted by Gasteiger charge is 2.21. The first-order chi connectivity index (χ1) is 7.91. The van der Waals surface area contributed by atoms with Crippen molar-refractivity contribution in [2.24, 2.45) is 11.7 Å². The van der Waals surface area contributed by atoms with E-state index in [2.05, 4.69) is 18.7 Å². The van der Waals surface area contributed by atoms with Crippen LogP contribution in [0.3, 0.4) is 0 Å². The molecule has 17 heavy (non-hydrogen) atoms. The number of likely N-dealkylation sites (N-methyl/N-ethyl adjacent to an activating group) is 1. The van der Waals surface area contributed by atoms with Gasteiger partial charge in [0.1, 0.15) is 5.82 Å². The molecule has 0 aromatic heterocycles. The number of hydrogen-bond acceptors (Lipinski definition) is 2. The van der Waals surface area contributed by atoms with Crippen LogP contribution in [0.25, 0.3) is 0 Å². The van der Waals surface area contributed by atoms with E-state index in [1.54, 1.807) is 12.1 Å². The van der Waals surface area contributed by atoms with Gasteiger partial charge in [0.05, 0.1) is 0 Å². The summed E-state index contributed by atoms with van der Waals surface area (Å²) in [5.41, 5.74) is 6.98. The van der Waals surface area contributed by atoms with Gasteiger partial charge in [0, 0.05) is 18.6 Å². The molecular weight excluding hydrogens is 215 g/mol. The first kappa shape index (κ1) is 14.1. The molecule has 0 radical (unpaired) electrons. The first-order valence-electron chi connectivity index (χ1n) is 6.13. The van der Waals surface area contributed by atoms with Crippen LogP contribution in [0.1, 0.15) is 32.4 Å². The highest BCUT2D eigenvalue weighted by Crippen LogP contribution is 2.23. The summed E-state index contributed by atoms with van der Waals surface area (Å²) in [6.07, 6.45) is 0. The van der Waals surface area contributed by atoms with Crippen LogP contribution in [0.4, 0.5) is 4.39 Å². The minimum Gasteiger partial charge on any atom is -0.326 e. The third kappa shape index (κ3) is 4.10. The lowest BCUT2D eigenvalue weighted by molar-refractivity contribution is 0.197. The number of nitrogens with two attached hydrogens (primary N) is 1. The van der Waals surface area contributed by atoms with Crippen LogP contribution in [0.15, 0.2) is 24.3 Å². The molecule has 96 valence electrons. The summed E-state index contributed by atoms with van der Waals surface area (Å²) < 4.78 is 13.3. The van der Waals surface area contributed by atoms with Crippen LogP contribution in [0.5, 0.6) is 0 Å². The molecule has 2 nitrogen and oxygen atoms in total. The highest BCUT2D eigenvalue weighted by atomic mass is 19.1. The molecule has 1 aromatic rings. The molecule has 0 saturated heterocycles. The summed E-state index contributed by atoms with van der Waals surface area (Å²) in [6, 6.07) is 6.75. The van der Waals surface area contributed by atoms with E-state index in [1.165, 1.54) is 6.07 Å². The molecule has 0 aliphatic heterocycles. The number of nitrogens with zero attached hydrogens (tertiary/aromatic N) is 1. The van der Waals surface area contributed by atoms with Crippen LogP contribution in [-0.4, -0.2) is 24.5 Å². The largest absolute Gasteiger partial charge is 0.326 e. The molecule has 0 bridgehead atoms. The van der Waals surface area contributed by atoms with Crippen molar-refractivity contribution < 1.29 is 4.39 Å². The van der Waals surface area contributed by atoms with Gasteiger partial charge in [-0.05, 0) is 37.6 Å². The fraction of sp³-hybridized carbons (Fsp3) is 0.571. The predicted molar refractivity (Wildman–Crippen MR) is 70.3 cm³/mol. The second kappa shape index (κ2) is 6.12. The zero-order valence-corrected chi connectivity index (χ0v) is 11.2. The van der Waals surface area contributed by atoms with Crippen molar-refractivity contribution in [2.75, 3.05) is 13.6 Å². The van der Waals surface area contributed by atoms with Crippen molar-refractivity contribution in [2.45, 2.75) is 32.9 Å². The third-order valence-electron chi connectivity index (χ3n) is 2.82. The van der Waals surface area contributed by atoms with E-state index in [4.69, 9.17) is 5.73 Å². The second-order valence-corrected chi connectivity index (χ2v) is 5.19. The van der Waals surface area contributed by atoms with E-state index in [0.29, 0.717) is 5.92 Å². The Kier molecular flexibility index (Phi) is 5.09. The molecule has 0 spiro atoms. The Bertz CT molecular complexity index is 350. The Hall–Kier alpha value is -0.930. The fourth-order valence-corrected chi connectivity index (χ4v) is 2.34. The first-order valence-corrected chi connectivity index (χ1v) is 6.13. The summed E-state index contributed by atoms with van der Waals surface area (Å²) in [5.74, 6) is 0.362. The molecule has 0 aliphatic rings. The quantitative estimate of drug-likeness (QED) is 0.854. The summed E-state index contributed by atoms with van der Waals surface area (Å²) in [6.45, 7) is 7.25. The third-order valence-corrected chi connectivity index (χ3v) is 2.82. The lowest BCUT2D eigenvalue weighted by Crippen LogP contribution is -2.39. The van der Waals surface area contributed by atoms with E-state index in [0.717, 1.165) is 12.1 Å². The van der Waals surface area contributed by atoms with Crippen LogP contribution in [0.2, 0.25) is 0 Å². The molecule has 0 saturated carbocycles. The normalized spacial score (nSPS) is 15.3. The van der Waals surface area contributed by atoms with Crippen molar-refractivity contribution in [3.8, 4) is 0 Å². The highest BCUT2D eigenvalue weighted by molar-refractivity contribution is 5.21. The van der Waals surface area contributed by atoms with Gasteiger partial charge in [-0.15, -0.1) is 0 Å². The van der Waals surface area contributed by atoms with Crippen molar-refractivity contribution in [3.63, 3.8) is 0 Å². The Morgan fingerprint density at radius 1 is 1.29 bits per heavy atom. The summed E-state index contributed by atoms with van der Waals surface area (Å²) in [5, 5.41) is 0. The molecule has 2 unspecified atom stereocenters. The number of benzene rings is 1. The molecular formula is C14H23FN2. The Labute approximate surface area is 104 Å². The Morgan fingerprint density at radius 2 is 1.94 bits per heavy atom. The lowest BCUT2D eigenvalue weighted by Gasteiger charge is -2.32. The molecule has 0 amide bonds. The summed E-state index contributed by atoms with van der Waals surface area (Å²) in [4.78, 5) is 2.20. The van der Waals surface area contributed by atoms with E-state index >= 15 is 0 Å². The van der Waals surface area contributed by atoms with Gasteiger partial charge in [0.25, 0.3) is 0 Å². The van der Waals surface area contributed by atoms with Crippen LogP contribution in [0, 0.1) is 11.7 Å². The fourth-order valence-electron chi connectivity index (χ4n) is 2.34. The van der Waals surface area contributed by atoms with Gasteiger partial charge < -0.3 is 5.73 Å². The summed E-state index contributed by atoms with van der Waals surface area (Å²) >= 11 is 0. The van der Waals surface area contributed by atoms with Gasteiger partial charge >= 0.3 is 0 Å². The lowest BCUT2D eigenvalue weighted by atomic mass is 9.98. The van der Waals surface area contributed by atoms with Gasteiger partial charge in [0.15, 0.2) is 0 Å². The molecule has 1 aromatic carbocycles. The molecule has 1 rings (SSSR count). The SMILES string of the molecule is CC(C)CN(C)C(c1cccc(F)c1)C(C)N. The molecule has 2 atom stereocenters. The van der Waals surface area contributed by atoms with E-state index in [-0.39, 0.29) is 17.9 Å². The topological polar surface area (TPSA) is 29.3 Å². The van der Waals surface area contributed by atoms with Gasteiger partial charge in [-0.25, -0.2) is 4.39 Å². The molecule has 0 aliphatic carbocycles. The number of hydrogen-bond donors (Lipinski definition) is 1. The maximum Gasteiger partial charge on any atom is 0.123 e. The number of halogens is 1. The van der Waals surface area contributed by atoms with Crippen molar-refractivity contribution in [1.29, 1.82) is 0 Å². The average molecular weight is 238 g/mol. The van der Waals surface area contributed by atoms with E-state index in [1.807, 2.05) is 20.0 Å². The van der Waals surface area contributed by atoms with Crippen LogP contribution >= 0.6 is 0 Å². The van der Waals surface area contributed by atoms with Gasteiger partial charge in [-0.3, -0.25) is 4.90 Å². The zero-order valence-electron chi connectivity index (χ0n) is 11.2. The number of rotatable bonds is 5. The van der Waals surface area contributed by atoms with Crippen LogP contribution in [-0.2, 0) is 0 Å². The van der Waals surface area contributed by atoms with Gasteiger partial charge in [-0.2, -0.15) is 0 Å². The molecule has 0 heterocycles. The van der Waals surface area contributed by atoms with E-state index in [9.17, 15) is 4.39 Å². The van der Waals surface area contributed by atoms with Gasteiger partial charge in [0.2, 0.25) is 0 Å². The van der Waals surface area contributed by atoms with E-state index < -0.39 is 0 Å². The summed E-state index contributed by atoms with van der Waals surface area (Å²) in [7, 11) is 2.04.